The molecule has 0 aromatic carbocycles. The SMILES string of the molecule is O=C(O)CC1CCc2cocc21. The van der Waals surface area contributed by atoms with Crippen LogP contribution in [0.15, 0.2) is 16.9 Å². The lowest BCUT2D eigenvalue weighted by molar-refractivity contribution is -0.137. The van der Waals surface area contributed by atoms with Gasteiger partial charge in [-0.3, -0.25) is 4.79 Å². The van der Waals surface area contributed by atoms with Crippen LogP contribution in [0.5, 0.6) is 0 Å². The zero-order valence-corrected chi connectivity index (χ0v) is 6.62. The van der Waals surface area contributed by atoms with Gasteiger partial charge in [0.15, 0.2) is 0 Å². The largest absolute Gasteiger partial charge is 0.481 e. The second-order valence-electron chi connectivity index (χ2n) is 3.19. The Morgan fingerprint density at radius 1 is 1.67 bits per heavy atom. The quantitative estimate of drug-likeness (QED) is 0.728. The molecule has 1 N–H and O–H groups in total. The molecule has 0 saturated heterocycles. The van der Waals surface area contributed by atoms with Crippen molar-refractivity contribution in [1.29, 1.82) is 0 Å². The van der Waals surface area contributed by atoms with Crippen molar-refractivity contribution < 1.29 is 14.3 Å². The second kappa shape index (κ2) is 2.66. The summed E-state index contributed by atoms with van der Waals surface area (Å²) in [7, 11) is 0. The monoisotopic (exact) mass is 166 g/mol. The molecule has 0 aliphatic heterocycles. The number of carbonyl (C=O) groups is 1. The van der Waals surface area contributed by atoms with Gasteiger partial charge in [0.1, 0.15) is 0 Å². The van der Waals surface area contributed by atoms with Crippen molar-refractivity contribution in [2.24, 2.45) is 0 Å². The van der Waals surface area contributed by atoms with E-state index in [4.69, 9.17) is 9.52 Å². The van der Waals surface area contributed by atoms with E-state index in [2.05, 4.69) is 0 Å². The maximum atomic E-state index is 10.5. The van der Waals surface area contributed by atoms with E-state index >= 15 is 0 Å². The first-order valence-electron chi connectivity index (χ1n) is 4.04. The summed E-state index contributed by atoms with van der Waals surface area (Å²) in [5.74, 6) is -0.551. The van der Waals surface area contributed by atoms with Gasteiger partial charge in [-0.15, -0.1) is 0 Å². The number of carboxylic acid groups (broad SMARTS) is 1. The molecule has 0 fully saturated rings. The lowest BCUT2D eigenvalue weighted by Crippen LogP contribution is -2.02. The summed E-state index contributed by atoms with van der Waals surface area (Å²) in [6.45, 7) is 0. The van der Waals surface area contributed by atoms with Crippen LogP contribution in [0.3, 0.4) is 0 Å². The van der Waals surface area contributed by atoms with Crippen molar-refractivity contribution in [1.82, 2.24) is 0 Å². The Balaban J connectivity index is 2.17. The third-order valence-corrected chi connectivity index (χ3v) is 2.40. The molecule has 0 spiro atoms. The van der Waals surface area contributed by atoms with E-state index in [1.165, 1.54) is 5.56 Å². The van der Waals surface area contributed by atoms with E-state index in [1.807, 2.05) is 0 Å². The third-order valence-electron chi connectivity index (χ3n) is 2.40. The maximum Gasteiger partial charge on any atom is 0.303 e. The summed E-state index contributed by atoms with van der Waals surface area (Å²) in [5.41, 5.74) is 2.28. The molecule has 0 amide bonds. The first kappa shape index (κ1) is 7.40. The highest BCUT2D eigenvalue weighted by Crippen LogP contribution is 2.35. The van der Waals surface area contributed by atoms with Crippen molar-refractivity contribution in [2.75, 3.05) is 0 Å². The van der Waals surface area contributed by atoms with E-state index in [0.29, 0.717) is 0 Å². The Hall–Kier alpha value is -1.25. The van der Waals surface area contributed by atoms with Gasteiger partial charge in [-0.25, -0.2) is 0 Å². The highest BCUT2D eigenvalue weighted by atomic mass is 16.4. The van der Waals surface area contributed by atoms with E-state index in [1.54, 1.807) is 12.5 Å². The fourth-order valence-electron chi connectivity index (χ4n) is 1.80. The maximum absolute atomic E-state index is 10.5. The fraction of sp³-hybridized carbons (Fsp3) is 0.444. The summed E-state index contributed by atoms with van der Waals surface area (Å²) in [6, 6.07) is 0. The van der Waals surface area contributed by atoms with Crippen molar-refractivity contribution in [3.63, 3.8) is 0 Å². The number of rotatable bonds is 2. The van der Waals surface area contributed by atoms with E-state index in [9.17, 15) is 4.79 Å². The summed E-state index contributed by atoms with van der Waals surface area (Å²) in [6.07, 6.45) is 5.54. The molecule has 0 bridgehead atoms. The van der Waals surface area contributed by atoms with Crippen LogP contribution in [0.1, 0.15) is 29.9 Å². The molecule has 3 nitrogen and oxygen atoms in total. The topological polar surface area (TPSA) is 50.4 Å². The Morgan fingerprint density at radius 2 is 2.50 bits per heavy atom. The molecule has 3 heteroatoms. The predicted molar refractivity (Wildman–Crippen MR) is 42.0 cm³/mol. The Kier molecular flexibility index (Phi) is 1.64. The van der Waals surface area contributed by atoms with Gasteiger partial charge in [0.25, 0.3) is 0 Å². The summed E-state index contributed by atoms with van der Waals surface area (Å²) < 4.78 is 5.01. The minimum absolute atomic E-state index is 0.177. The first-order valence-corrected chi connectivity index (χ1v) is 4.04. The van der Waals surface area contributed by atoms with Gasteiger partial charge in [-0.2, -0.15) is 0 Å². The van der Waals surface area contributed by atoms with Crippen LogP contribution in [0.4, 0.5) is 0 Å². The third kappa shape index (κ3) is 1.11. The van der Waals surface area contributed by atoms with Crippen molar-refractivity contribution in [2.45, 2.75) is 25.2 Å². The van der Waals surface area contributed by atoms with Crippen LogP contribution < -0.4 is 0 Å². The van der Waals surface area contributed by atoms with Crippen molar-refractivity contribution >= 4 is 5.97 Å². The number of aryl methyl sites for hydroxylation is 1. The van der Waals surface area contributed by atoms with Crippen LogP contribution in [0, 0.1) is 0 Å². The molecule has 2 rings (SSSR count). The van der Waals surface area contributed by atoms with Crippen LogP contribution in [0.2, 0.25) is 0 Å². The standard InChI is InChI=1S/C9H10O3/c10-9(11)3-6-1-2-7-4-12-5-8(6)7/h4-6H,1-3H2,(H,10,11). The van der Waals surface area contributed by atoms with Crippen molar-refractivity contribution in [3.8, 4) is 0 Å². The van der Waals surface area contributed by atoms with Gasteiger partial charge in [0, 0.05) is 0 Å². The number of hydrogen-bond acceptors (Lipinski definition) is 2. The number of fused-ring (bicyclic) bond motifs is 1. The molecule has 1 unspecified atom stereocenters. The van der Waals surface area contributed by atoms with E-state index in [0.717, 1.165) is 18.4 Å². The molecule has 1 aliphatic rings. The van der Waals surface area contributed by atoms with Crippen LogP contribution >= 0.6 is 0 Å². The molecule has 0 radical (unpaired) electrons. The van der Waals surface area contributed by atoms with Gasteiger partial charge in [0.05, 0.1) is 18.9 Å². The van der Waals surface area contributed by atoms with Crippen LogP contribution in [-0.2, 0) is 11.2 Å². The number of furan rings is 1. The average molecular weight is 166 g/mol. The smallest absolute Gasteiger partial charge is 0.303 e. The highest BCUT2D eigenvalue weighted by molar-refractivity contribution is 5.68. The van der Waals surface area contributed by atoms with E-state index < -0.39 is 5.97 Å². The zero-order chi connectivity index (χ0) is 8.55. The van der Waals surface area contributed by atoms with Crippen LogP contribution in [0.25, 0.3) is 0 Å². The predicted octanol–water partition coefficient (Wildman–Crippen LogP) is 1.78. The Bertz CT molecular complexity index is 300. The Morgan fingerprint density at radius 3 is 3.25 bits per heavy atom. The minimum Gasteiger partial charge on any atom is -0.481 e. The molecule has 0 saturated carbocycles. The number of hydrogen-bond donors (Lipinski definition) is 1. The molecule has 64 valence electrons. The molecule has 12 heavy (non-hydrogen) atoms. The molecular weight excluding hydrogens is 156 g/mol. The molecule has 1 heterocycles. The lowest BCUT2D eigenvalue weighted by Gasteiger charge is -2.03. The summed E-state index contributed by atoms with van der Waals surface area (Å²) >= 11 is 0. The van der Waals surface area contributed by atoms with Gasteiger partial charge in [-0.1, -0.05) is 0 Å². The number of carboxylic acids is 1. The first-order chi connectivity index (χ1) is 5.77. The molecule has 1 aliphatic carbocycles. The van der Waals surface area contributed by atoms with Gasteiger partial charge >= 0.3 is 5.97 Å². The van der Waals surface area contributed by atoms with E-state index in [-0.39, 0.29) is 12.3 Å². The highest BCUT2D eigenvalue weighted by Gasteiger charge is 2.25. The lowest BCUT2D eigenvalue weighted by atomic mass is 10.0. The molecule has 1 aromatic rings. The minimum atomic E-state index is -0.728. The summed E-state index contributed by atoms with van der Waals surface area (Å²) in [4.78, 5) is 10.5. The molecule has 1 aromatic heterocycles. The second-order valence-corrected chi connectivity index (χ2v) is 3.19. The van der Waals surface area contributed by atoms with Gasteiger partial charge in [-0.05, 0) is 29.9 Å². The van der Waals surface area contributed by atoms with Crippen LogP contribution in [-0.4, -0.2) is 11.1 Å². The zero-order valence-electron chi connectivity index (χ0n) is 6.62. The summed E-state index contributed by atoms with van der Waals surface area (Å²) in [5, 5.41) is 8.61. The molecule has 1 atom stereocenters. The number of aliphatic carboxylic acids is 1. The fourth-order valence-corrected chi connectivity index (χ4v) is 1.80. The normalized spacial score (nSPS) is 20.8. The Labute approximate surface area is 70.0 Å². The van der Waals surface area contributed by atoms with Gasteiger partial charge in [0.2, 0.25) is 0 Å². The van der Waals surface area contributed by atoms with Gasteiger partial charge < -0.3 is 9.52 Å². The molecular formula is C9H10O3. The average Bonchev–Trinajstić information content (AvgIpc) is 2.52. The van der Waals surface area contributed by atoms with Crippen molar-refractivity contribution in [3.05, 3.63) is 23.7 Å².